The van der Waals surface area contributed by atoms with E-state index in [1.807, 2.05) is 43.3 Å². The minimum atomic E-state index is -0.453. The lowest BCUT2D eigenvalue weighted by Crippen LogP contribution is -2.28. The lowest BCUT2D eigenvalue weighted by Gasteiger charge is -2.14. The molecule has 0 saturated carbocycles. The van der Waals surface area contributed by atoms with Crippen molar-refractivity contribution in [2.75, 3.05) is 12.4 Å². The van der Waals surface area contributed by atoms with Crippen LogP contribution in [0.5, 0.6) is 5.75 Å². The molecule has 0 fully saturated rings. The number of rotatable bonds is 6. The van der Waals surface area contributed by atoms with Gasteiger partial charge in [-0.25, -0.2) is 0 Å². The number of nitrogens with zero attached hydrogens (tertiary/aromatic N) is 1. The highest BCUT2D eigenvalue weighted by atomic mass is 35.5. The van der Waals surface area contributed by atoms with Gasteiger partial charge in [0.25, 0.3) is 5.91 Å². The molecule has 2 aromatic carbocycles. The van der Waals surface area contributed by atoms with Gasteiger partial charge in [0.15, 0.2) is 0 Å². The average Bonchev–Trinajstić information content (AvgIpc) is 2.63. The van der Waals surface area contributed by atoms with Crippen LogP contribution in [0.2, 0.25) is 5.02 Å². The summed E-state index contributed by atoms with van der Waals surface area (Å²) in [6.07, 6.45) is 1.35. The maximum atomic E-state index is 12.3. The molecule has 2 rings (SSSR count). The van der Waals surface area contributed by atoms with E-state index in [0.717, 1.165) is 5.56 Å². The molecule has 1 atom stereocenters. The number of anilines is 1. The number of nitriles is 1. The molecule has 0 saturated heterocycles. The van der Waals surface area contributed by atoms with Crippen LogP contribution >= 0.6 is 11.6 Å². The number of amides is 1. The van der Waals surface area contributed by atoms with Crippen molar-refractivity contribution in [3.63, 3.8) is 0 Å². The Morgan fingerprint density at radius 1 is 1.28 bits per heavy atom. The van der Waals surface area contributed by atoms with Crippen LogP contribution in [0.25, 0.3) is 0 Å². The van der Waals surface area contributed by atoms with Crippen molar-refractivity contribution in [1.82, 2.24) is 5.32 Å². The molecule has 0 radical (unpaired) electrons. The van der Waals surface area contributed by atoms with E-state index in [1.165, 1.54) is 13.3 Å². The first-order valence-electron chi connectivity index (χ1n) is 7.61. The first-order valence-corrected chi connectivity index (χ1v) is 7.99. The van der Waals surface area contributed by atoms with Gasteiger partial charge < -0.3 is 15.4 Å². The van der Waals surface area contributed by atoms with Gasteiger partial charge in [-0.05, 0) is 30.7 Å². The van der Waals surface area contributed by atoms with Crippen LogP contribution in [-0.4, -0.2) is 13.0 Å². The number of hydrogen-bond acceptors (Lipinski definition) is 4. The lowest BCUT2D eigenvalue weighted by atomic mass is 10.1. The van der Waals surface area contributed by atoms with Crippen LogP contribution < -0.4 is 15.4 Å². The Morgan fingerprint density at radius 3 is 2.60 bits per heavy atom. The fraction of sp³-hybridized carbons (Fsp3) is 0.158. The normalized spacial score (nSPS) is 12.0. The number of ether oxygens (including phenoxy) is 1. The Hall–Kier alpha value is -2.97. The SMILES string of the molecule is COc1ccc(N/C=C(/C#N)C(=O)NC(C)c2ccccc2)cc1Cl. The van der Waals surface area contributed by atoms with Crippen LogP contribution in [0, 0.1) is 11.3 Å². The van der Waals surface area contributed by atoms with Crippen molar-refractivity contribution in [2.45, 2.75) is 13.0 Å². The van der Waals surface area contributed by atoms with Crippen LogP contribution in [0.3, 0.4) is 0 Å². The highest BCUT2D eigenvalue weighted by molar-refractivity contribution is 6.32. The third-order valence-corrected chi connectivity index (χ3v) is 3.84. The fourth-order valence-electron chi connectivity index (χ4n) is 2.16. The van der Waals surface area contributed by atoms with E-state index in [9.17, 15) is 10.1 Å². The quantitative estimate of drug-likeness (QED) is 0.605. The monoisotopic (exact) mass is 355 g/mol. The molecule has 5 nitrogen and oxygen atoms in total. The van der Waals surface area contributed by atoms with Crippen molar-refractivity contribution in [1.29, 1.82) is 5.26 Å². The number of methoxy groups -OCH3 is 1. The Morgan fingerprint density at radius 2 is 2.00 bits per heavy atom. The summed E-state index contributed by atoms with van der Waals surface area (Å²) in [6.45, 7) is 1.86. The minimum absolute atomic E-state index is 0.0327. The first-order chi connectivity index (χ1) is 12.0. The number of halogens is 1. The maximum absolute atomic E-state index is 12.3. The van der Waals surface area contributed by atoms with E-state index < -0.39 is 5.91 Å². The maximum Gasteiger partial charge on any atom is 0.263 e. The number of hydrogen-bond donors (Lipinski definition) is 2. The summed E-state index contributed by atoms with van der Waals surface area (Å²) in [6, 6.07) is 16.3. The van der Waals surface area contributed by atoms with E-state index >= 15 is 0 Å². The zero-order valence-electron chi connectivity index (χ0n) is 13.9. The van der Waals surface area contributed by atoms with E-state index in [1.54, 1.807) is 18.2 Å². The van der Waals surface area contributed by atoms with E-state index in [-0.39, 0.29) is 11.6 Å². The third-order valence-electron chi connectivity index (χ3n) is 3.55. The molecule has 0 aliphatic carbocycles. The summed E-state index contributed by atoms with van der Waals surface area (Å²) in [5.74, 6) is 0.0945. The molecule has 2 N–H and O–H groups in total. The molecule has 0 aliphatic rings. The number of carbonyl (C=O) groups is 1. The van der Waals surface area contributed by atoms with Gasteiger partial charge in [0.1, 0.15) is 17.4 Å². The number of benzene rings is 2. The van der Waals surface area contributed by atoms with Gasteiger partial charge in [-0.2, -0.15) is 5.26 Å². The van der Waals surface area contributed by atoms with Crippen molar-refractivity contribution >= 4 is 23.2 Å². The Balaban J connectivity index is 2.05. The van der Waals surface area contributed by atoms with Crippen molar-refractivity contribution in [2.24, 2.45) is 0 Å². The average molecular weight is 356 g/mol. The number of nitrogens with one attached hydrogen (secondary N) is 2. The third kappa shape index (κ3) is 5.00. The van der Waals surface area contributed by atoms with Gasteiger partial charge in [0, 0.05) is 11.9 Å². The molecule has 2 aromatic rings. The van der Waals surface area contributed by atoms with Crippen molar-refractivity contribution in [3.8, 4) is 11.8 Å². The summed E-state index contributed by atoms with van der Waals surface area (Å²) >= 11 is 6.05. The first kappa shape index (κ1) is 18.4. The van der Waals surface area contributed by atoms with E-state index in [2.05, 4.69) is 10.6 Å². The molecule has 6 heteroatoms. The topological polar surface area (TPSA) is 74.1 Å². The predicted octanol–water partition coefficient (Wildman–Crippen LogP) is 4.05. The Labute approximate surface area is 151 Å². The van der Waals surface area contributed by atoms with Gasteiger partial charge in [0.2, 0.25) is 0 Å². The number of carbonyl (C=O) groups excluding carboxylic acids is 1. The second kappa shape index (κ2) is 8.76. The van der Waals surface area contributed by atoms with Gasteiger partial charge in [-0.3, -0.25) is 4.79 Å². The molecule has 0 spiro atoms. The zero-order chi connectivity index (χ0) is 18.2. The van der Waals surface area contributed by atoms with Gasteiger partial charge in [-0.15, -0.1) is 0 Å². The highest BCUT2D eigenvalue weighted by Gasteiger charge is 2.13. The van der Waals surface area contributed by atoms with Gasteiger partial charge in [0.05, 0.1) is 18.2 Å². The van der Waals surface area contributed by atoms with Crippen LogP contribution in [-0.2, 0) is 4.79 Å². The summed E-state index contributed by atoms with van der Waals surface area (Å²) in [5.41, 5.74) is 1.57. The largest absolute Gasteiger partial charge is 0.495 e. The predicted molar refractivity (Wildman–Crippen MR) is 98.3 cm³/mol. The molecule has 0 aliphatic heterocycles. The molecule has 128 valence electrons. The van der Waals surface area contributed by atoms with E-state index in [4.69, 9.17) is 16.3 Å². The smallest absolute Gasteiger partial charge is 0.263 e. The van der Waals surface area contributed by atoms with Gasteiger partial charge >= 0.3 is 0 Å². The highest BCUT2D eigenvalue weighted by Crippen LogP contribution is 2.27. The zero-order valence-corrected chi connectivity index (χ0v) is 14.7. The molecule has 25 heavy (non-hydrogen) atoms. The van der Waals surface area contributed by atoms with Crippen LogP contribution in [0.4, 0.5) is 5.69 Å². The standard InChI is InChI=1S/C19H18ClN3O2/c1-13(14-6-4-3-5-7-14)23-19(24)15(11-21)12-22-16-8-9-18(25-2)17(20)10-16/h3-10,12-13,22H,1-2H3,(H,23,24)/b15-12-. The van der Waals surface area contributed by atoms with Crippen LogP contribution in [0.1, 0.15) is 18.5 Å². The summed E-state index contributed by atoms with van der Waals surface area (Å²) < 4.78 is 5.08. The second-order valence-corrected chi connectivity index (χ2v) is 5.68. The second-order valence-electron chi connectivity index (χ2n) is 5.27. The van der Waals surface area contributed by atoms with Crippen LogP contribution in [0.15, 0.2) is 60.3 Å². The van der Waals surface area contributed by atoms with E-state index in [0.29, 0.717) is 16.5 Å². The molecule has 1 unspecified atom stereocenters. The lowest BCUT2D eigenvalue weighted by molar-refractivity contribution is -0.117. The van der Waals surface area contributed by atoms with Crippen molar-refractivity contribution in [3.05, 3.63) is 70.9 Å². The molecule has 0 bridgehead atoms. The fourth-order valence-corrected chi connectivity index (χ4v) is 2.42. The van der Waals surface area contributed by atoms with Gasteiger partial charge in [-0.1, -0.05) is 41.9 Å². The Kier molecular flexibility index (Phi) is 6.44. The molecule has 0 aromatic heterocycles. The Bertz CT molecular complexity index is 813. The molecule has 0 heterocycles. The summed E-state index contributed by atoms with van der Waals surface area (Å²) in [5, 5.41) is 15.4. The summed E-state index contributed by atoms with van der Waals surface area (Å²) in [7, 11) is 1.53. The molecule has 1 amide bonds. The molecular formula is C19H18ClN3O2. The molecular weight excluding hydrogens is 338 g/mol. The minimum Gasteiger partial charge on any atom is -0.495 e. The summed E-state index contributed by atoms with van der Waals surface area (Å²) in [4.78, 5) is 12.3. The van der Waals surface area contributed by atoms with Crippen molar-refractivity contribution < 1.29 is 9.53 Å².